The number of hydrogen-bond acceptors (Lipinski definition) is 6. The van der Waals surface area contributed by atoms with Gasteiger partial charge in [0.1, 0.15) is 11.5 Å². The van der Waals surface area contributed by atoms with Gasteiger partial charge in [-0.3, -0.25) is 0 Å². The largest absolute Gasteiger partial charge is 0.477 e. The number of carbonyl (C=O) groups excluding carboxylic acids is 2. The van der Waals surface area contributed by atoms with E-state index in [0.29, 0.717) is 24.3 Å². The standard InChI is InChI=1S/C26H30O6/c1-5-11-21(25(27)29-3)31-23-17-13-7-9-15-19(17)24(20-16-10-8-14-18(20)23)32-22(12-6-2)26(28)30-4/h7-10,13-16,21-22H,5-6,11-12H2,1-4H3. The van der Waals surface area contributed by atoms with Gasteiger partial charge in [-0.1, -0.05) is 75.2 Å². The summed E-state index contributed by atoms with van der Waals surface area (Å²) in [4.78, 5) is 24.7. The zero-order valence-electron chi connectivity index (χ0n) is 19.1. The van der Waals surface area contributed by atoms with Crippen LogP contribution in [0, 0.1) is 0 Å². The molecule has 0 saturated carbocycles. The number of benzene rings is 3. The molecule has 2 unspecified atom stereocenters. The van der Waals surface area contributed by atoms with E-state index >= 15 is 0 Å². The van der Waals surface area contributed by atoms with E-state index in [1.165, 1.54) is 14.2 Å². The van der Waals surface area contributed by atoms with Crippen LogP contribution in [0.3, 0.4) is 0 Å². The van der Waals surface area contributed by atoms with E-state index in [9.17, 15) is 9.59 Å². The Kier molecular flexibility index (Phi) is 7.92. The number of hydrogen-bond donors (Lipinski definition) is 0. The molecule has 32 heavy (non-hydrogen) atoms. The zero-order valence-corrected chi connectivity index (χ0v) is 19.1. The van der Waals surface area contributed by atoms with Crippen LogP contribution in [0.4, 0.5) is 0 Å². The van der Waals surface area contributed by atoms with Crippen LogP contribution in [0.1, 0.15) is 39.5 Å². The van der Waals surface area contributed by atoms with Crippen molar-refractivity contribution in [3.63, 3.8) is 0 Å². The summed E-state index contributed by atoms with van der Waals surface area (Å²) in [5.41, 5.74) is 0. The van der Waals surface area contributed by atoms with Crippen LogP contribution >= 0.6 is 0 Å². The molecule has 170 valence electrons. The average Bonchev–Trinajstić information content (AvgIpc) is 2.83. The van der Waals surface area contributed by atoms with E-state index in [1.807, 2.05) is 62.4 Å². The second-order valence-corrected chi connectivity index (χ2v) is 7.59. The molecule has 0 aliphatic heterocycles. The van der Waals surface area contributed by atoms with Crippen molar-refractivity contribution in [1.82, 2.24) is 0 Å². The second-order valence-electron chi connectivity index (χ2n) is 7.59. The molecule has 3 rings (SSSR count). The molecule has 3 aromatic carbocycles. The fraction of sp³-hybridized carbons (Fsp3) is 0.385. The van der Waals surface area contributed by atoms with Crippen molar-refractivity contribution in [1.29, 1.82) is 0 Å². The number of fused-ring (bicyclic) bond motifs is 2. The molecular formula is C26H30O6. The topological polar surface area (TPSA) is 71.1 Å². The van der Waals surface area contributed by atoms with Gasteiger partial charge in [-0.15, -0.1) is 0 Å². The van der Waals surface area contributed by atoms with Crippen LogP contribution < -0.4 is 9.47 Å². The molecule has 0 saturated heterocycles. The van der Waals surface area contributed by atoms with Gasteiger partial charge in [-0.05, 0) is 12.8 Å². The van der Waals surface area contributed by atoms with Crippen LogP contribution in [0.15, 0.2) is 48.5 Å². The minimum atomic E-state index is -0.716. The molecule has 2 atom stereocenters. The summed E-state index contributed by atoms with van der Waals surface area (Å²) in [6.07, 6.45) is 1.18. The summed E-state index contributed by atoms with van der Waals surface area (Å²) in [5.74, 6) is 0.373. The Morgan fingerprint density at radius 1 is 0.656 bits per heavy atom. The van der Waals surface area contributed by atoms with Crippen molar-refractivity contribution < 1.29 is 28.5 Å². The first-order chi connectivity index (χ1) is 15.5. The zero-order chi connectivity index (χ0) is 23.1. The predicted octanol–water partition coefficient (Wildman–Crippen LogP) is 5.43. The molecule has 0 amide bonds. The second kappa shape index (κ2) is 10.8. The maximum absolute atomic E-state index is 12.3. The van der Waals surface area contributed by atoms with Crippen molar-refractivity contribution >= 4 is 33.5 Å². The van der Waals surface area contributed by atoms with Gasteiger partial charge < -0.3 is 18.9 Å². The lowest BCUT2D eigenvalue weighted by molar-refractivity contribution is -0.149. The van der Waals surface area contributed by atoms with E-state index in [-0.39, 0.29) is 0 Å². The lowest BCUT2D eigenvalue weighted by Crippen LogP contribution is -2.29. The first kappa shape index (κ1) is 23.4. The van der Waals surface area contributed by atoms with Crippen LogP contribution in [-0.4, -0.2) is 38.4 Å². The highest BCUT2D eigenvalue weighted by molar-refractivity contribution is 6.11. The van der Waals surface area contributed by atoms with Crippen LogP contribution in [0.2, 0.25) is 0 Å². The summed E-state index contributed by atoms with van der Waals surface area (Å²) in [7, 11) is 2.73. The van der Waals surface area contributed by atoms with E-state index in [4.69, 9.17) is 18.9 Å². The molecule has 0 heterocycles. The molecule has 0 N–H and O–H groups in total. The van der Waals surface area contributed by atoms with Crippen molar-refractivity contribution in [2.24, 2.45) is 0 Å². The molecule has 0 aliphatic rings. The Bertz CT molecular complexity index is 947. The number of rotatable bonds is 10. The third-order valence-electron chi connectivity index (χ3n) is 5.38. The molecule has 3 aromatic rings. The molecule has 6 heteroatoms. The highest BCUT2D eigenvalue weighted by atomic mass is 16.6. The predicted molar refractivity (Wildman–Crippen MR) is 124 cm³/mol. The summed E-state index contributed by atoms with van der Waals surface area (Å²) >= 11 is 0. The smallest absolute Gasteiger partial charge is 0.347 e. The fourth-order valence-electron chi connectivity index (χ4n) is 3.82. The number of carbonyl (C=O) groups is 2. The van der Waals surface area contributed by atoms with Gasteiger partial charge in [-0.25, -0.2) is 9.59 Å². The SMILES string of the molecule is CCCC(Oc1c2ccccc2c(OC(CCC)C(=O)OC)c2ccccc12)C(=O)OC. The Labute approximate surface area is 188 Å². The molecular weight excluding hydrogens is 408 g/mol. The number of ether oxygens (including phenoxy) is 4. The minimum Gasteiger partial charge on any atom is -0.477 e. The van der Waals surface area contributed by atoms with Gasteiger partial charge in [-0.2, -0.15) is 0 Å². The molecule has 0 aliphatic carbocycles. The normalized spacial score (nSPS) is 12.9. The highest BCUT2D eigenvalue weighted by Crippen LogP contribution is 2.43. The van der Waals surface area contributed by atoms with Crippen molar-refractivity contribution in [3.8, 4) is 11.5 Å². The third-order valence-corrected chi connectivity index (χ3v) is 5.38. The highest BCUT2D eigenvalue weighted by Gasteiger charge is 2.26. The maximum Gasteiger partial charge on any atom is 0.347 e. The van der Waals surface area contributed by atoms with Gasteiger partial charge in [0.05, 0.1) is 14.2 Å². The van der Waals surface area contributed by atoms with Gasteiger partial charge in [0.2, 0.25) is 0 Å². The Morgan fingerprint density at radius 2 is 0.969 bits per heavy atom. The average molecular weight is 439 g/mol. The van der Waals surface area contributed by atoms with Crippen LogP contribution in [0.25, 0.3) is 21.5 Å². The molecule has 0 aromatic heterocycles. The Balaban J connectivity index is 2.22. The fourth-order valence-corrected chi connectivity index (χ4v) is 3.82. The maximum atomic E-state index is 12.3. The van der Waals surface area contributed by atoms with Gasteiger partial charge >= 0.3 is 11.9 Å². The Morgan fingerprint density at radius 3 is 1.22 bits per heavy atom. The summed E-state index contributed by atoms with van der Waals surface area (Å²) in [6, 6.07) is 15.3. The molecule has 0 radical (unpaired) electrons. The van der Waals surface area contributed by atoms with Crippen molar-refractivity contribution in [3.05, 3.63) is 48.5 Å². The first-order valence-corrected chi connectivity index (χ1v) is 11.0. The molecule has 0 fully saturated rings. The van der Waals surface area contributed by atoms with Gasteiger partial charge in [0.25, 0.3) is 0 Å². The van der Waals surface area contributed by atoms with Gasteiger partial charge in [0, 0.05) is 21.5 Å². The van der Waals surface area contributed by atoms with E-state index in [0.717, 1.165) is 34.4 Å². The lowest BCUT2D eigenvalue weighted by Gasteiger charge is -2.23. The molecule has 6 nitrogen and oxygen atoms in total. The number of esters is 2. The molecule has 0 bridgehead atoms. The molecule has 0 spiro atoms. The van der Waals surface area contributed by atoms with Crippen molar-refractivity contribution in [2.45, 2.75) is 51.7 Å². The third kappa shape index (κ3) is 4.79. The quantitative estimate of drug-likeness (QED) is 0.310. The summed E-state index contributed by atoms with van der Waals surface area (Å²) < 4.78 is 22.5. The van der Waals surface area contributed by atoms with Gasteiger partial charge in [0.15, 0.2) is 12.2 Å². The first-order valence-electron chi connectivity index (χ1n) is 11.0. The monoisotopic (exact) mass is 438 g/mol. The van der Waals surface area contributed by atoms with Crippen molar-refractivity contribution in [2.75, 3.05) is 14.2 Å². The van der Waals surface area contributed by atoms with Crippen LogP contribution in [0.5, 0.6) is 11.5 Å². The van der Waals surface area contributed by atoms with E-state index in [1.54, 1.807) is 0 Å². The Hall–Kier alpha value is -3.28. The van der Waals surface area contributed by atoms with Crippen LogP contribution in [-0.2, 0) is 19.1 Å². The minimum absolute atomic E-state index is 0.408. The lowest BCUT2D eigenvalue weighted by atomic mass is 10.00. The summed E-state index contributed by atoms with van der Waals surface area (Å²) in [5, 5.41) is 3.19. The van der Waals surface area contributed by atoms with E-state index < -0.39 is 24.1 Å². The van der Waals surface area contributed by atoms with E-state index in [2.05, 4.69) is 0 Å². The number of methoxy groups -OCH3 is 2. The summed E-state index contributed by atoms with van der Waals surface area (Å²) in [6.45, 7) is 3.99.